The van der Waals surface area contributed by atoms with Crippen LogP contribution >= 0.6 is 11.3 Å². The predicted molar refractivity (Wildman–Crippen MR) is 91.5 cm³/mol. The van der Waals surface area contributed by atoms with Gasteiger partial charge in [-0.05, 0) is 44.2 Å². The standard InChI is InChI=1S/C17H27N3OS/c1-14-11-18(2)8-9-20(14)12-15-3-6-19(7-4-15)17(21)16-5-10-22-13-16/h5,10,13-15H,3-4,6-9,11-12H2,1-2H3. The first-order chi connectivity index (χ1) is 10.6. The van der Waals surface area contributed by atoms with E-state index in [4.69, 9.17) is 0 Å². The van der Waals surface area contributed by atoms with Crippen LogP contribution in [0.4, 0.5) is 0 Å². The molecule has 1 atom stereocenters. The van der Waals surface area contributed by atoms with Crippen molar-refractivity contribution in [3.8, 4) is 0 Å². The van der Waals surface area contributed by atoms with Crippen molar-refractivity contribution in [2.24, 2.45) is 5.92 Å². The summed E-state index contributed by atoms with van der Waals surface area (Å²) in [5.74, 6) is 0.963. The first kappa shape index (κ1) is 16.0. The lowest BCUT2D eigenvalue weighted by Gasteiger charge is -2.41. The molecule has 0 saturated carbocycles. The Labute approximate surface area is 137 Å². The van der Waals surface area contributed by atoms with E-state index < -0.39 is 0 Å². The number of thiophene rings is 1. The highest BCUT2D eigenvalue weighted by atomic mass is 32.1. The molecule has 4 nitrogen and oxygen atoms in total. The number of carbonyl (C=O) groups is 1. The summed E-state index contributed by atoms with van der Waals surface area (Å²) in [6.07, 6.45) is 2.30. The fourth-order valence-corrected chi connectivity index (χ4v) is 4.30. The van der Waals surface area contributed by atoms with Crippen LogP contribution in [0.3, 0.4) is 0 Å². The van der Waals surface area contributed by atoms with E-state index in [-0.39, 0.29) is 5.91 Å². The highest BCUT2D eigenvalue weighted by Gasteiger charge is 2.28. The molecule has 0 N–H and O–H groups in total. The summed E-state index contributed by atoms with van der Waals surface area (Å²) in [5, 5.41) is 3.94. The van der Waals surface area contributed by atoms with Crippen molar-refractivity contribution in [2.45, 2.75) is 25.8 Å². The zero-order valence-electron chi connectivity index (χ0n) is 13.7. The van der Waals surface area contributed by atoms with Crippen LogP contribution in [0.25, 0.3) is 0 Å². The lowest BCUT2D eigenvalue weighted by Crippen LogP contribution is -2.52. The molecule has 1 aromatic heterocycles. The lowest BCUT2D eigenvalue weighted by atomic mass is 9.95. The predicted octanol–water partition coefficient (Wildman–Crippen LogP) is 2.24. The highest BCUT2D eigenvalue weighted by Crippen LogP contribution is 2.22. The number of nitrogens with zero attached hydrogens (tertiary/aromatic N) is 3. The van der Waals surface area contributed by atoms with Gasteiger partial charge in [0.15, 0.2) is 0 Å². The minimum absolute atomic E-state index is 0.215. The van der Waals surface area contributed by atoms with Gasteiger partial charge in [0, 0.05) is 50.7 Å². The van der Waals surface area contributed by atoms with Crippen LogP contribution in [-0.4, -0.2) is 73.0 Å². The highest BCUT2D eigenvalue weighted by molar-refractivity contribution is 7.08. The third kappa shape index (κ3) is 3.70. The van der Waals surface area contributed by atoms with Crippen molar-refractivity contribution in [3.63, 3.8) is 0 Å². The third-order valence-corrected chi connectivity index (χ3v) is 5.81. The topological polar surface area (TPSA) is 26.8 Å². The van der Waals surface area contributed by atoms with Crippen LogP contribution in [0.5, 0.6) is 0 Å². The van der Waals surface area contributed by atoms with Crippen molar-refractivity contribution in [1.82, 2.24) is 14.7 Å². The molecule has 122 valence electrons. The van der Waals surface area contributed by atoms with Crippen molar-refractivity contribution < 1.29 is 4.79 Å². The molecule has 5 heteroatoms. The second-order valence-corrected chi connectivity index (χ2v) is 7.63. The molecule has 3 rings (SSSR count). The fourth-order valence-electron chi connectivity index (χ4n) is 3.67. The molecule has 1 aromatic rings. The lowest BCUT2D eigenvalue weighted by molar-refractivity contribution is 0.0556. The molecule has 2 aliphatic heterocycles. The minimum Gasteiger partial charge on any atom is -0.339 e. The number of hydrogen-bond acceptors (Lipinski definition) is 4. The summed E-state index contributed by atoms with van der Waals surface area (Å²) in [6.45, 7) is 8.92. The first-order valence-corrected chi connectivity index (χ1v) is 9.32. The summed E-state index contributed by atoms with van der Waals surface area (Å²) < 4.78 is 0. The van der Waals surface area contributed by atoms with E-state index in [1.54, 1.807) is 11.3 Å². The van der Waals surface area contributed by atoms with E-state index in [1.807, 2.05) is 21.7 Å². The Bertz CT molecular complexity index is 482. The average Bonchev–Trinajstić information content (AvgIpc) is 3.04. The normalized spacial score (nSPS) is 25.5. The molecule has 0 aliphatic carbocycles. The van der Waals surface area contributed by atoms with E-state index >= 15 is 0 Å². The maximum atomic E-state index is 12.4. The van der Waals surface area contributed by atoms with Gasteiger partial charge in [0.1, 0.15) is 0 Å². The van der Waals surface area contributed by atoms with Crippen molar-refractivity contribution in [2.75, 3.05) is 46.3 Å². The number of piperidine rings is 1. The second kappa shape index (κ2) is 7.11. The Morgan fingerprint density at radius 1 is 1.27 bits per heavy atom. The van der Waals surface area contributed by atoms with Gasteiger partial charge in [-0.1, -0.05) is 0 Å². The van der Waals surface area contributed by atoms with Crippen LogP contribution in [0.15, 0.2) is 16.8 Å². The summed E-state index contributed by atoms with van der Waals surface area (Å²) in [7, 11) is 2.21. The van der Waals surface area contributed by atoms with Gasteiger partial charge in [-0.2, -0.15) is 11.3 Å². The zero-order chi connectivity index (χ0) is 15.5. The molecule has 0 aromatic carbocycles. The van der Waals surface area contributed by atoms with E-state index in [9.17, 15) is 4.79 Å². The number of carbonyl (C=O) groups excluding carboxylic acids is 1. The van der Waals surface area contributed by atoms with Crippen molar-refractivity contribution in [1.29, 1.82) is 0 Å². The Hall–Kier alpha value is -0.910. The molecule has 1 amide bonds. The van der Waals surface area contributed by atoms with Crippen molar-refractivity contribution in [3.05, 3.63) is 22.4 Å². The minimum atomic E-state index is 0.215. The molecule has 2 fully saturated rings. The summed E-state index contributed by atoms with van der Waals surface area (Å²) >= 11 is 1.60. The summed E-state index contributed by atoms with van der Waals surface area (Å²) in [4.78, 5) is 19.5. The molecule has 3 heterocycles. The number of piperazine rings is 1. The second-order valence-electron chi connectivity index (χ2n) is 6.85. The molecule has 2 saturated heterocycles. The Morgan fingerprint density at radius 3 is 2.68 bits per heavy atom. The van der Waals surface area contributed by atoms with E-state index in [2.05, 4.69) is 23.8 Å². The maximum Gasteiger partial charge on any atom is 0.254 e. The number of rotatable bonds is 3. The van der Waals surface area contributed by atoms with Crippen LogP contribution in [0.2, 0.25) is 0 Å². The number of likely N-dealkylation sites (tertiary alicyclic amines) is 1. The fraction of sp³-hybridized carbons (Fsp3) is 0.706. The van der Waals surface area contributed by atoms with Crippen LogP contribution in [0, 0.1) is 5.92 Å². The first-order valence-electron chi connectivity index (χ1n) is 8.37. The number of amides is 1. The van der Waals surface area contributed by atoms with Gasteiger partial charge in [-0.25, -0.2) is 0 Å². The monoisotopic (exact) mass is 321 g/mol. The van der Waals surface area contributed by atoms with Gasteiger partial charge in [0.2, 0.25) is 0 Å². The van der Waals surface area contributed by atoms with Crippen LogP contribution in [-0.2, 0) is 0 Å². The van der Waals surface area contributed by atoms with Crippen LogP contribution in [0.1, 0.15) is 30.1 Å². The van der Waals surface area contributed by atoms with E-state index in [0.29, 0.717) is 6.04 Å². The van der Waals surface area contributed by atoms with Gasteiger partial charge in [0.25, 0.3) is 5.91 Å². The molecular weight excluding hydrogens is 294 g/mol. The smallest absolute Gasteiger partial charge is 0.254 e. The number of hydrogen-bond donors (Lipinski definition) is 0. The molecule has 0 radical (unpaired) electrons. The van der Waals surface area contributed by atoms with Gasteiger partial charge >= 0.3 is 0 Å². The molecule has 0 spiro atoms. The summed E-state index contributed by atoms with van der Waals surface area (Å²) in [6, 6.07) is 2.59. The zero-order valence-corrected chi connectivity index (χ0v) is 14.5. The molecule has 22 heavy (non-hydrogen) atoms. The molecule has 2 aliphatic rings. The SMILES string of the molecule is CC1CN(C)CCN1CC1CCN(C(=O)c2ccsc2)CC1. The average molecular weight is 321 g/mol. The third-order valence-electron chi connectivity index (χ3n) is 5.13. The van der Waals surface area contributed by atoms with Gasteiger partial charge < -0.3 is 9.80 Å². The quantitative estimate of drug-likeness (QED) is 0.854. The maximum absolute atomic E-state index is 12.4. The Morgan fingerprint density at radius 2 is 2.05 bits per heavy atom. The molecule has 1 unspecified atom stereocenters. The van der Waals surface area contributed by atoms with Gasteiger partial charge in [-0.15, -0.1) is 0 Å². The van der Waals surface area contributed by atoms with Gasteiger partial charge in [-0.3, -0.25) is 9.69 Å². The largest absolute Gasteiger partial charge is 0.339 e. The van der Waals surface area contributed by atoms with E-state index in [1.165, 1.54) is 26.2 Å². The number of likely N-dealkylation sites (N-methyl/N-ethyl adjacent to an activating group) is 1. The van der Waals surface area contributed by atoms with Crippen LogP contribution < -0.4 is 0 Å². The Balaban J connectivity index is 1.47. The summed E-state index contributed by atoms with van der Waals surface area (Å²) in [5.41, 5.74) is 0.858. The van der Waals surface area contributed by atoms with Gasteiger partial charge in [0.05, 0.1) is 5.56 Å². The molecular formula is C17H27N3OS. The van der Waals surface area contributed by atoms with Crippen molar-refractivity contribution >= 4 is 17.2 Å². The van der Waals surface area contributed by atoms with E-state index in [0.717, 1.165) is 37.4 Å². The molecule has 0 bridgehead atoms. The Kier molecular flexibility index (Phi) is 5.16.